The predicted octanol–water partition coefficient (Wildman–Crippen LogP) is -2.03. The summed E-state index contributed by atoms with van der Waals surface area (Å²) in [7, 11) is 0. The molecule has 0 unspecified atom stereocenters. The molecule has 0 aliphatic rings. The van der Waals surface area contributed by atoms with Gasteiger partial charge in [-0.25, -0.2) is 0 Å². The molecule has 0 aromatic rings. The van der Waals surface area contributed by atoms with Gasteiger partial charge in [0.1, 0.15) is 11.4 Å². The normalized spacial score (nSPS) is 10.9. The topological polar surface area (TPSA) is 133 Å². The molecule has 0 aromatic carbocycles. The lowest BCUT2D eigenvalue weighted by atomic mass is 10.2. The Hall–Kier alpha value is -0.280. The minimum absolute atomic E-state index is 0.125. The molecule has 0 aliphatic heterocycles. The minimum Gasteiger partial charge on any atom is -0.394 e. The first kappa shape index (κ1) is 21.9. The average Bonchev–Trinajstić information content (AvgIpc) is 2.13. The van der Waals surface area contributed by atoms with Crippen molar-refractivity contribution < 1.29 is 30.6 Å². The Morgan fingerprint density at radius 3 is 0.824 bits per heavy atom. The summed E-state index contributed by atoms with van der Waals surface area (Å²) in [6.07, 6.45) is 0. The summed E-state index contributed by atoms with van der Waals surface area (Å²) in [6, 6.07) is 0. The lowest BCUT2D eigenvalue weighted by molar-refractivity contribution is -0.0634. The van der Waals surface area contributed by atoms with Crippen molar-refractivity contribution in [2.45, 2.75) is 39.1 Å². The Kier molecular flexibility index (Phi) is 15.7. The van der Waals surface area contributed by atoms with Crippen LogP contribution in [0.4, 0.5) is 0 Å². The maximum absolute atomic E-state index is 9.08. The van der Waals surface area contributed by atoms with Gasteiger partial charge in [0.2, 0.25) is 0 Å². The predicted molar refractivity (Wildman–Crippen MR) is 64.1 cm³/mol. The van der Waals surface area contributed by atoms with Crippen LogP contribution in [0.5, 0.6) is 0 Å². The maximum atomic E-state index is 9.08. The Bertz CT molecular complexity index is 121. The molecule has 0 aliphatic carbocycles. The summed E-state index contributed by atoms with van der Waals surface area (Å²) in [5, 5.41) is 51.2. The molecule has 0 atom stereocenters. The van der Waals surface area contributed by atoms with E-state index < -0.39 is 11.4 Å². The third-order valence-corrected chi connectivity index (χ3v) is 0.812. The van der Waals surface area contributed by atoms with E-state index in [2.05, 4.69) is 5.32 Å². The summed E-state index contributed by atoms with van der Waals surface area (Å²) < 4.78 is 0. The van der Waals surface area contributed by atoms with Crippen molar-refractivity contribution in [3.05, 3.63) is 0 Å². The van der Waals surface area contributed by atoms with Crippen LogP contribution in [0.3, 0.4) is 0 Å². The molecular weight excluding hydrogens is 230 g/mol. The van der Waals surface area contributed by atoms with Gasteiger partial charge in [0.05, 0.1) is 26.4 Å². The van der Waals surface area contributed by atoms with Crippen LogP contribution < -0.4 is 5.32 Å². The van der Waals surface area contributed by atoms with E-state index in [0.29, 0.717) is 0 Å². The van der Waals surface area contributed by atoms with Crippen molar-refractivity contribution in [3.63, 3.8) is 0 Å². The monoisotopic (exact) mass is 257 g/mol. The van der Waals surface area contributed by atoms with Crippen molar-refractivity contribution in [2.24, 2.45) is 0 Å². The Labute approximate surface area is 102 Å². The zero-order valence-electron chi connectivity index (χ0n) is 11.0. The fourth-order valence-electron chi connectivity index (χ4n) is 0.749. The van der Waals surface area contributed by atoms with Crippen LogP contribution >= 0.6 is 0 Å². The largest absolute Gasteiger partial charge is 0.394 e. The molecular formula is C10H27NO6. The molecule has 7 heteroatoms. The quantitative estimate of drug-likeness (QED) is 0.289. The first-order valence-corrected chi connectivity index (χ1v) is 5.21. The summed E-state index contributed by atoms with van der Waals surface area (Å²) >= 11 is 0. The summed E-state index contributed by atoms with van der Waals surface area (Å²) in [6.45, 7) is 5.80. The van der Waals surface area contributed by atoms with Gasteiger partial charge < -0.3 is 30.6 Å². The van der Waals surface area contributed by atoms with Crippen molar-refractivity contribution in [3.8, 4) is 0 Å². The van der Waals surface area contributed by atoms with Gasteiger partial charge in [-0.2, -0.15) is 0 Å². The fourth-order valence-corrected chi connectivity index (χ4v) is 0.749. The van der Waals surface area contributed by atoms with Crippen molar-refractivity contribution in [1.29, 1.82) is 0 Å². The van der Waals surface area contributed by atoms with E-state index >= 15 is 0 Å². The molecule has 7 N–H and O–H groups in total. The second kappa shape index (κ2) is 12.2. The van der Waals surface area contributed by atoms with Gasteiger partial charge in [0.25, 0.3) is 0 Å². The van der Waals surface area contributed by atoms with Crippen LogP contribution in [0.2, 0.25) is 0 Å². The lowest BCUT2D eigenvalue weighted by Gasteiger charge is -2.28. The number of aliphatic hydroxyl groups excluding tert-OH is 4. The maximum Gasteiger partial charge on any atom is 0.112 e. The molecule has 108 valence electrons. The van der Waals surface area contributed by atoms with E-state index in [0.717, 1.165) is 0 Å². The molecule has 0 radical (unpaired) electrons. The van der Waals surface area contributed by atoms with Gasteiger partial charge in [-0.05, 0) is 27.7 Å². The zero-order valence-corrected chi connectivity index (χ0v) is 11.0. The molecule has 0 amide bonds. The molecule has 7 nitrogen and oxygen atoms in total. The van der Waals surface area contributed by atoms with E-state index in [1.807, 2.05) is 0 Å². The fraction of sp³-hybridized carbons (Fsp3) is 1.00. The number of hydrogen-bond acceptors (Lipinski definition) is 7. The second-order valence-electron chi connectivity index (χ2n) is 4.14. The molecule has 17 heavy (non-hydrogen) atoms. The van der Waals surface area contributed by atoms with Crippen molar-refractivity contribution >= 4 is 0 Å². The van der Waals surface area contributed by atoms with E-state index in [-0.39, 0.29) is 26.4 Å². The molecule has 0 aromatic heterocycles. The van der Waals surface area contributed by atoms with Gasteiger partial charge in [-0.15, -0.1) is 0 Å². The molecule has 0 saturated carbocycles. The summed E-state index contributed by atoms with van der Waals surface area (Å²) in [5.74, 6) is 0. The van der Waals surface area contributed by atoms with Crippen LogP contribution in [0.15, 0.2) is 0 Å². The van der Waals surface area contributed by atoms with Crippen LogP contribution in [0.25, 0.3) is 0 Å². The lowest BCUT2D eigenvalue weighted by Crippen LogP contribution is -2.51. The molecule has 0 spiro atoms. The highest BCUT2D eigenvalue weighted by atomic mass is 16.3. The van der Waals surface area contributed by atoms with Gasteiger partial charge in [0.15, 0.2) is 0 Å². The number of hydrogen-bond donors (Lipinski definition) is 7. The number of aliphatic hydroxyl groups is 6. The highest BCUT2D eigenvalue weighted by Crippen LogP contribution is 2.03. The standard InChI is InChI=1S/C6H15NO2.2C2H6O2/c1-5(2,8)7-6(3,4)9;2*3-1-2-4/h7-9H,1-4H3;2*3-4H,1-2H2. The first-order valence-electron chi connectivity index (χ1n) is 5.21. The highest BCUT2D eigenvalue weighted by Gasteiger charge is 2.21. The Morgan fingerprint density at radius 1 is 0.647 bits per heavy atom. The van der Waals surface area contributed by atoms with E-state index in [9.17, 15) is 0 Å². The molecule has 0 rings (SSSR count). The average molecular weight is 257 g/mol. The van der Waals surface area contributed by atoms with E-state index in [4.69, 9.17) is 30.6 Å². The van der Waals surface area contributed by atoms with Gasteiger partial charge in [-0.3, -0.25) is 5.32 Å². The number of nitrogens with one attached hydrogen (secondary N) is 1. The van der Waals surface area contributed by atoms with Crippen molar-refractivity contribution in [2.75, 3.05) is 26.4 Å². The third-order valence-electron chi connectivity index (χ3n) is 0.812. The molecule has 0 saturated heterocycles. The zero-order chi connectivity index (χ0) is 14.5. The van der Waals surface area contributed by atoms with Gasteiger partial charge in [0, 0.05) is 0 Å². The molecule has 0 fully saturated rings. The molecule has 0 heterocycles. The van der Waals surface area contributed by atoms with Crippen LogP contribution in [0, 0.1) is 0 Å². The number of rotatable bonds is 4. The SMILES string of the molecule is CC(C)(O)NC(C)(C)O.OCCO.OCCO. The van der Waals surface area contributed by atoms with E-state index in [1.54, 1.807) is 27.7 Å². The van der Waals surface area contributed by atoms with Gasteiger partial charge in [-0.1, -0.05) is 0 Å². The van der Waals surface area contributed by atoms with Crippen molar-refractivity contribution in [1.82, 2.24) is 5.32 Å². The second-order valence-corrected chi connectivity index (χ2v) is 4.14. The van der Waals surface area contributed by atoms with Crippen LogP contribution in [-0.4, -0.2) is 68.5 Å². The summed E-state index contributed by atoms with van der Waals surface area (Å²) in [4.78, 5) is 0. The summed E-state index contributed by atoms with van der Waals surface area (Å²) in [5.41, 5.74) is -2.03. The first-order chi connectivity index (χ1) is 7.54. The minimum atomic E-state index is -1.02. The Balaban J connectivity index is -0.000000205. The Morgan fingerprint density at radius 2 is 0.824 bits per heavy atom. The highest BCUT2D eigenvalue weighted by molar-refractivity contribution is 4.70. The third kappa shape index (κ3) is 49.7. The smallest absolute Gasteiger partial charge is 0.112 e. The van der Waals surface area contributed by atoms with Gasteiger partial charge >= 0.3 is 0 Å². The van der Waals surface area contributed by atoms with Crippen LogP contribution in [0.1, 0.15) is 27.7 Å². The molecule has 0 bridgehead atoms. The van der Waals surface area contributed by atoms with Crippen LogP contribution in [-0.2, 0) is 0 Å². The van der Waals surface area contributed by atoms with E-state index in [1.165, 1.54) is 0 Å².